The third-order valence-corrected chi connectivity index (χ3v) is 4.06. The minimum atomic E-state index is -0.459. The minimum Gasteiger partial charge on any atom is -0.325 e. The zero-order valence-corrected chi connectivity index (χ0v) is 16.6. The fourth-order valence-electron chi connectivity index (χ4n) is 2.34. The van der Waals surface area contributed by atoms with E-state index in [0.717, 1.165) is 12.5 Å². The molecule has 10 heteroatoms. The lowest BCUT2D eigenvalue weighted by molar-refractivity contribution is -0.119. The molecular weight excluding hydrogens is 391 g/mol. The van der Waals surface area contributed by atoms with Gasteiger partial charge in [-0.2, -0.15) is 5.10 Å². The molecule has 8 nitrogen and oxygen atoms in total. The molecule has 1 aliphatic carbocycles. The van der Waals surface area contributed by atoms with Crippen LogP contribution >= 0.6 is 24.8 Å². The molecule has 3 rings (SSSR count). The van der Waals surface area contributed by atoms with Gasteiger partial charge in [-0.05, 0) is 56.5 Å². The van der Waals surface area contributed by atoms with Gasteiger partial charge in [-0.3, -0.25) is 9.59 Å². The van der Waals surface area contributed by atoms with Gasteiger partial charge in [0.2, 0.25) is 11.8 Å². The van der Waals surface area contributed by atoms with Crippen LogP contribution in [0.4, 0.5) is 11.4 Å². The quantitative estimate of drug-likeness (QED) is 0.614. The van der Waals surface area contributed by atoms with Crippen LogP contribution in [0.2, 0.25) is 0 Å². The van der Waals surface area contributed by atoms with Gasteiger partial charge < -0.3 is 16.0 Å². The van der Waals surface area contributed by atoms with Crippen molar-refractivity contribution in [3.63, 3.8) is 0 Å². The Morgan fingerprint density at radius 3 is 2.33 bits per heavy atom. The van der Waals surface area contributed by atoms with Crippen molar-refractivity contribution in [1.29, 1.82) is 0 Å². The van der Waals surface area contributed by atoms with Gasteiger partial charge in [0, 0.05) is 11.4 Å². The molecule has 0 bridgehead atoms. The lowest BCUT2D eigenvalue weighted by atomic mass is 10.2. The van der Waals surface area contributed by atoms with E-state index in [1.54, 1.807) is 31.2 Å². The molecule has 0 spiro atoms. The molecular formula is C17H24Cl2N6O2. The Bertz CT molecular complexity index is 720. The highest BCUT2D eigenvalue weighted by atomic mass is 35.5. The molecule has 27 heavy (non-hydrogen) atoms. The molecule has 1 saturated carbocycles. The van der Waals surface area contributed by atoms with Crippen molar-refractivity contribution >= 4 is 48.0 Å². The highest BCUT2D eigenvalue weighted by Gasteiger charge is 2.20. The van der Waals surface area contributed by atoms with Gasteiger partial charge in [0.25, 0.3) is 0 Å². The van der Waals surface area contributed by atoms with E-state index in [-0.39, 0.29) is 36.6 Å². The summed E-state index contributed by atoms with van der Waals surface area (Å²) in [6.07, 6.45) is 5.41. The normalized spacial score (nSPS) is 13.7. The maximum Gasteiger partial charge on any atom is 0.249 e. The standard InChI is InChI=1S/C17H22N6O2.2ClH/c1-12(23-11-19-10-20-23)17(25)22-15-6-4-14(5-7-15)21-16(24)9-18-8-13-2-3-13;;/h4-7,10-13,18H,2-3,8-9H2,1H3,(H,21,24)(H,22,25);2*1H. The van der Waals surface area contributed by atoms with Crippen LogP contribution in [0.3, 0.4) is 0 Å². The first-order chi connectivity index (χ1) is 12.1. The summed E-state index contributed by atoms with van der Waals surface area (Å²) in [6, 6.07) is 6.56. The number of amides is 2. The van der Waals surface area contributed by atoms with Gasteiger partial charge >= 0.3 is 0 Å². The summed E-state index contributed by atoms with van der Waals surface area (Å²) >= 11 is 0. The number of anilines is 2. The Morgan fingerprint density at radius 2 is 1.78 bits per heavy atom. The minimum absolute atomic E-state index is 0. The molecule has 1 aromatic carbocycles. The van der Waals surface area contributed by atoms with E-state index in [0.29, 0.717) is 17.9 Å². The summed E-state index contributed by atoms with van der Waals surface area (Å²) in [5.41, 5.74) is 1.35. The number of hydrogen-bond acceptors (Lipinski definition) is 5. The molecule has 148 valence electrons. The summed E-state index contributed by atoms with van der Waals surface area (Å²) in [5.74, 6) is 0.486. The first kappa shape index (κ1) is 22.9. The summed E-state index contributed by atoms with van der Waals surface area (Å²) in [7, 11) is 0. The van der Waals surface area contributed by atoms with Crippen LogP contribution in [-0.2, 0) is 9.59 Å². The molecule has 0 aliphatic heterocycles. The van der Waals surface area contributed by atoms with Crippen molar-refractivity contribution in [2.45, 2.75) is 25.8 Å². The number of aromatic nitrogens is 3. The van der Waals surface area contributed by atoms with Crippen LogP contribution in [-0.4, -0.2) is 39.7 Å². The fraction of sp³-hybridized carbons (Fsp3) is 0.412. The Kier molecular flexibility index (Phi) is 9.20. The third kappa shape index (κ3) is 7.16. The second-order valence-electron chi connectivity index (χ2n) is 6.24. The number of halogens is 2. The number of rotatable bonds is 8. The number of benzene rings is 1. The fourth-order valence-corrected chi connectivity index (χ4v) is 2.34. The second-order valence-corrected chi connectivity index (χ2v) is 6.24. The van der Waals surface area contributed by atoms with Crippen LogP contribution in [0.1, 0.15) is 25.8 Å². The largest absolute Gasteiger partial charge is 0.325 e. The Hall–Kier alpha value is -2.16. The van der Waals surface area contributed by atoms with Crippen molar-refractivity contribution in [2.24, 2.45) is 5.92 Å². The molecule has 1 atom stereocenters. The Morgan fingerprint density at radius 1 is 1.15 bits per heavy atom. The van der Waals surface area contributed by atoms with Crippen molar-refractivity contribution in [3.05, 3.63) is 36.9 Å². The number of carbonyl (C=O) groups is 2. The lowest BCUT2D eigenvalue weighted by Crippen LogP contribution is -2.29. The average Bonchev–Trinajstić information content (AvgIpc) is 3.26. The molecule has 0 saturated heterocycles. The van der Waals surface area contributed by atoms with E-state index in [1.165, 1.54) is 30.2 Å². The topological polar surface area (TPSA) is 101 Å². The zero-order valence-electron chi connectivity index (χ0n) is 14.9. The van der Waals surface area contributed by atoms with Gasteiger partial charge in [0.1, 0.15) is 18.7 Å². The SMILES string of the molecule is CC(C(=O)Nc1ccc(NC(=O)CNCC2CC2)cc1)n1cncn1.Cl.Cl. The summed E-state index contributed by atoms with van der Waals surface area (Å²) in [5, 5.41) is 12.7. The summed E-state index contributed by atoms with van der Waals surface area (Å²) < 4.78 is 1.48. The number of hydrogen-bond donors (Lipinski definition) is 3. The molecule has 1 heterocycles. The van der Waals surface area contributed by atoms with Gasteiger partial charge in [-0.25, -0.2) is 9.67 Å². The Balaban J connectivity index is 0.00000182. The van der Waals surface area contributed by atoms with Crippen LogP contribution in [0, 0.1) is 5.92 Å². The van der Waals surface area contributed by atoms with Gasteiger partial charge in [-0.1, -0.05) is 0 Å². The average molecular weight is 415 g/mol. The molecule has 2 amide bonds. The first-order valence-electron chi connectivity index (χ1n) is 8.37. The second kappa shape index (κ2) is 10.9. The Labute approximate surface area is 170 Å². The molecule has 1 unspecified atom stereocenters. The first-order valence-corrected chi connectivity index (χ1v) is 8.37. The highest BCUT2D eigenvalue weighted by Crippen LogP contribution is 2.27. The summed E-state index contributed by atoms with van der Waals surface area (Å²) in [4.78, 5) is 27.8. The van der Waals surface area contributed by atoms with Crippen molar-refractivity contribution in [2.75, 3.05) is 23.7 Å². The predicted octanol–water partition coefficient (Wildman–Crippen LogP) is 2.26. The van der Waals surface area contributed by atoms with E-state index in [9.17, 15) is 9.59 Å². The van der Waals surface area contributed by atoms with Gasteiger partial charge in [0.15, 0.2) is 0 Å². The lowest BCUT2D eigenvalue weighted by Gasteiger charge is -2.12. The zero-order chi connectivity index (χ0) is 17.6. The highest BCUT2D eigenvalue weighted by molar-refractivity contribution is 5.95. The molecule has 1 aliphatic rings. The van der Waals surface area contributed by atoms with Crippen LogP contribution in [0.25, 0.3) is 0 Å². The molecule has 1 fully saturated rings. The number of nitrogens with one attached hydrogen (secondary N) is 3. The van der Waals surface area contributed by atoms with Crippen LogP contribution < -0.4 is 16.0 Å². The van der Waals surface area contributed by atoms with Crippen molar-refractivity contribution in [1.82, 2.24) is 20.1 Å². The van der Waals surface area contributed by atoms with E-state index >= 15 is 0 Å². The van der Waals surface area contributed by atoms with Gasteiger partial charge in [-0.15, -0.1) is 24.8 Å². The third-order valence-electron chi connectivity index (χ3n) is 4.06. The van der Waals surface area contributed by atoms with E-state index in [2.05, 4.69) is 26.0 Å². The number of carbonyl (C=O) groups excluding carboxylic acids is 2. The van der Waals surface area contributed by atoms with Crippen LogP contribution in [0.5, 0.6) is 0 Å². The molecule has 1 aromatic heterocycles. The van der Waals surface area contributed by atoms with E-state index in [1.807, 2.05) is 0 Å². The van der Waals surface area contributed by atoms with E-state index < -0.39 is 6.04 Å². The van der Waals surface area contributed by atoms with Crippen LogP contribution in [0.15, 0.2) is 36.9 Å². The van der Waals surface area contributed by atoms with Crippen molar-refractivity contribution < 1.29 is 9.59 Å². The van der Waals surface area contributed by atoms with Gasteiger partial charge in [0.05, 0.1) is 6.54 Å². The molecule has 2 aromatic rings. The molecule has 3 N–H and O–H groups in total. The maximum atomic E-state index is 12.2. The number of nitrogens with zero attached hydrogens (tertiary/aromatic N) is 3. The predicted molar refractivity (Wildman–Crippen MR) is 109 cm³/mol. The van der Waals surface area contributed by atoms with E-state index in [4.69, 9.17) is 0 Å². The maximum absolute atomic E-state index is 12.2. The summed E-state index contributed by atoms with van der Waals surface area (Å²) in [6.45, 7) is 2.96. The smallest absolute Gasteiger partial charge is 0.249 e. The molecule has 0 radical (unpaired) electrons. The monoisotopic (exact) mass is 414 g/mol. The van der Waals surface area contributed by atoms with Crippen molar-refractivity contribution in [3.8, 4) is 0 Å².